The van der Waals surface area contributed by atoms with Crippen molar-refractivity contribution >= 4 is 5.84 Å². The third-order valence-corrected chi connectivity index (χ3v) is 1.89. The molecule has 0 aliphatic carbocycles. The van der Waals surface area contributed by atoms with Crippen molar-refractivity contribution in [2.75, 3.05) is 7.11 Å². The number of rotatable bonds is 4. The molecule has 0 heterocycles. The van der Waals surface area contributed by atoms with Gasteiger partial charge in [0.1, 0.15) is 11.5 Å². The van der Waals surface area contributed by atoms with E-state index in [4.69, 9.17) is 20.4 Å². The Hall–Kier alpha value is -1.91. The van der Waals surface area contributed by atoms with E-state index >= 15 is 0 Å². The van der Waals surface area contributed by atoms with Crippen molar-refractivity contribution in [3.8, 4) is 11.5 Å². The number of oxime groups is 1. The average Bonchev–Trinajstić information content (AvgIpc) is 2.28. The lowest BCUT2D eigenvalue weighted by molar-refractivity contribution is 0.264. The smallest absolute Gasteiger partial charge is 0.180 e. The molecule has 1 atom stereocenters. The van der Waals surface area contributed by atoms with Crippen molar-refractivity contribution in [1.29, 1.82) is 0 Å². The summed E-state index contributed by atoms with van der Waals surface area (Å²) in [5, 5.41) is 11.3. The minimum absolute atomic E-state index is 0.0258. The van der Waals surface area contributed by atoms with Crippen LogP contribution in [0.4, 0.5) is 0 Å². The van der Waals surface area contributed by atoms with E-state index < -0.39 is 6.10 Å². The Morgan fingerprint density at radius 3 is 2.73 bits per heavy atom. The van der Waals surface area contributed by atoms with E-state index in [1.807, 2.05) is 0 Å². The molecule has 0 spiro atoms. The van der Waals surface area contributed by atoms with Crippen LogP contribution in [0.5, 0.6) is 11.5 Å². The first-order valence-electron chi connectivity index (χ1n) is 4.45. The molecule has 3 N–H and O–H groups in total. The maximum absolute atomic E-state index is 8.44. The minimum Gasteiger partial charge on any atom is -0.497 e. The lowest BCUT2D eigenvalue weighted by Gasteiger charge is -2.13. The van der Waals surface area contributed by atoms with Gasteiger partial charge in [-0.05, 0) is 19.1 Å². The second-order valence-corrected chi connectivity index (χ2v) is 2.96. The SMILES string of the molecule is COc1cccc(OC(C)C(N)=NO)c1. The number of amidine groups is 1. The van der Waals surface area contributed by atoms with Gasteiger partial charge in [0.15, 0.2) is 11.9 Å². The molecule has 0 aliphatic heterocycles. The van der Waals surface area contributed by atoms with Gasteiger partial charge in [-0.15, -0.1) is 0 Å². The molecule has 0 amide bonds. The predicted octanol–water partition coefficient (Wildman–Crippen LogP) is 1.21. The summed E-state index contributed by atoms with van der Waals surface area (Å²) in [5.74, 6) is 1.32. The van der Waals surface area contributed by atoms with Crippen LogP contribution in [0, 0.1) is 0 Å². The van der Waals surface area contributed by atoms with Gasteiger partial charge < -0.3 is 20.4 Å². The summed E-state index contributed by atoms with van der Waals surface area (Å²) in [5.41, 5.74) is 5.38. The molecule has 1 unspecified atom stereocenters. The van der Waals surface area contributed by atoms with Gasteiger partial charge in [0, 0.05) is 6.07 Å². The van der Waals surface area contributed by atoms with Crippen molar-refractivity contribution in [3.05, 3.63) is 24.3 Å². The van der Waals surface area contributed by atoms with E-state index in [-0.39, 0.29) is 5.84 Å². The fourth-order valence-electron chi connectivity index (χ4n) is 1.02. The molecule has 1 rings (SSSR count). The second-order valence-electron chi connectivity index (χ2n) is 2.96. The van der Waals surface area contributed by atoms with Crippen molar-refractivity contribution in [3.63, 3.8) is 0 Å². The number of benzene rings is 1. The Labute approximate surface area is 88.1 Å². The molecule has 0 radical (unpaired) electrons. The van der Waals surface area contributed by atoms with E-state index in [2.05, 4.69) is 5.16 Å². The van der Waals surface area contributed by atoms with E-state index in [9.17, 15) is 0 Å². The molecule has 0 bridgehead atoms. The van der Waals surface area contributed by atoms with E-state index in [1.165, 1.54) is 0 Å². The van der Waals surface area contributed by atoms with Gasteiger partial charge in [-0.2, -0.15) is 0 Å². The minimum atomic E-state index is -0.484. The molecule has 15 heavy (non-hydrogen) atoms. The van der Waals surface area contributed by atoms with E-state index in [0.717, 1.165) is 0 Å². The van der Waals surface area contributed by atoms with E-state index in [1.54, 1.807) is 38.3 Å². The van der Waals surface area contributed by atoms with Crippen LogP contribution in [0.3, 0.4) is 0 Å². The normalized spacial score (nSPS) is 13.3. The van der Waals surface area contributed by atoms with Gasteiger partial charge in [-0.1, -0.05) is 11.2 Å². The number of nitrogens with two attached hydrogens (primary N) is 1. The van der Waals surface area contributed by atoms with Gasteiger partial charge in [-0.3, -0.25) is 0 Å². The highest BCUT2D eigenvalue weighted by molar-refractivity contribution is 5.84. The maximum atomic E-state index is 8.44. The van der Waals surface area contributed by atoms with Crippen LogP contribution in [-0.4, -0.2) is 24.3 Å². The van der Waals surface area contributed by atoms with Crippen LogP contribution >= 0.6 is 0 Å². The average molecular weight is 210 g/mol. The monoisotopic (exact) mass is 210 g/mol. The number of methoxy groups -OCH3 is 1. The van der Waals surface area contributed by atoms with Gasteiger partial charge in [0.25, 0.3) is 0 Å². The van der Waals surface area contributed by atoms with Crippen LogP contribution in [0.15, 0.2) is 29.4 Å². The Morgan fingerprint density at radius 1 is 1.47 bits per heavy atom. The molecular weight excluding hydrogens is 196 g/mol. The zero-order chi connectivity index (χ0) is 11.3. The standard InChI is InChI=1S/C10H14N2O3/c1-7(10(11)12-13)15-9-5-3-4-8(6-9)14-2/h3-7,13H,1-2H3,(H2,11,12). The lowest BCUT2D eigenvalue weighted by Crippen LogP contribution is -2.31. The molecule has 0 saturated heterocycles. The number of nitrogens with zero attached hydrogens (tertiary/aromatic N) is 1. The quantitative estimate of drug-likeness (QED) is 0.339. The molecule has 0 saturated carbocycles. The molecule has 0 fully saturated rings. The first-order chi connectivity index (χ1) is 7.17. The van der Waals surface area contributed by atoms with Crippen molar-refractivity contribution < 1.29 is 14.7 Å². The number of hydrogen-bond acceptors (Lipinski definition) is 4. The van der Waals surface area contributed by atoms with Gasteiger partial charge >= 0.3 is 0 Å². The molecule has 0 aliphatic rings. The van der Waals surface area contributed by atoms with Gasteiger partial charge in [0.05, 0.1) is 7.11 Å². The zero-order valence-corrected chi connectivity index (χ0v) is 8.68. The van der Waals surface area contributed by atoms with Crippen molar-refractivity contribution in [2.24, 2.45) is 10.9 Å². The first-order valence-corrected chi connectivity index (χ1v) is 4.45. The molecule has 5 heteroatoms. The second kappa shape index (κ2) is 5.09. The van der Waals surface area contributed by atoms with Crippen molar-refractivity contribution in [2.45, 2.75) is 13.0 Å². The lowest BCUT2D eigenvalue weighted by atomic mass is 10.3. The summed E-state index contributed by atoms with van der Waals surface area (Å²) in [7, 11) is 1.58. The third-order valence-electron chi connectivity index (χ3n) is 1.89. The molecule has 1 aromatic rings. The molecule has 82 valence electrons. The summed E-state index contributed by atoms with van der Waals surface area (Å²) in [4.78, 5) is 0. The van der Waals surface area contributed by atoms with Crippen LogP contribution in [0.1, 0.15) is 6.92 Å². The molecular formula is C10H14N2O3. The summed E-state index contributed by atoms with van der Waals surface area (Å²) in [6.45, 7) is 1.69. The summed E-state index contributed by atoms with van der Waals surface area (Å²) in [6, 6.07) is 7.10. The Bertz CT molecular complexity index is 352. The molecule has 1 aromatic carbocycles. The summed E-state index contributed by atoms with van der Waals surface area (Å²) >= 11 is 0. The highest BCUT2D eigenvalue weighted by Gasteiger charge is 2.09. The van der Waals surface area contributed by atoms with Gasteiger partial charge in [-0.25, -0.2) is 0 Å². The fraction of sp³-hybridized carbons (Fsp3) is 0.300. The molecule has 0 aromatic heterocycles. The topological polar surface area (TPSA) is 77.1 Å². The summed E-state index contributed by atoms with van der Waals surface area (Å²) < 4.78 is 10.4. The Kier molecular flexibility index (Phi) is 3.79. The number of ether oxygens (including phenoxy) is 2. The largest absolute Gasteiger partial charge is 0.497 e. The fourth-order valence-corrected chi connectivity index (χ4v) is 1.02. The summed E-state index contributed by atoms with van der Waals surface area (Å²) in [6.07, 6.45) is -0.484. The predicted molar refractivity (Wildman–Crippen MR) is 56.5 cm³/mol. The maximum Gasteiger partial charge on any atom is 0.180 e. The van der Waals surface area contributed by atoms with E-state index in [0.29, 0.717) is 11.5 Å². The van der Waals surface area contributed by atoms with Gasteiger partial charge in [0.2, 0.25) is 0 Å². The Morgan fingerprint density at radius 2 is 2.13 bits per heavy atom. The van der Waals surface area contributed by atoms with Crippen LogP contribution in [-0.2, 0) is 0 Å². The highest BCUT2D eigenvalue weighted by atomic mass is 16.5. The molecule has 5 nitrogen and oxygen atoms in total. The zero-order valence-electron chi connectivity index (χ0n) is 8.68. The first kappa shape index (κ1) is 11.2. The van der Waals surface area contributed by atoms with Crippen LogP contribution in [0.2, 0.25) is 0 Å². The Balaban J connectivity index is 2.72. The van der Waals surface area contributed by atoms with Crippen molar-refractivity contribution in [1.82, 2.24) is 0 Å². The third kappa shape index (κ3) is 3.05. The van der Waals surface area contributed by atoms with Crippen LogP contribution < -0.4 is 15.2 Å². The highest BCUT2D eigenvalue weighted by Crippen LogP contribution is 2.19. The van der Waals surface area contributed by atoms with Crippen LogP contribution in [0.25, 0.3) is 0 Å². The number of hydrogen-bond donors (Lipinski definition) is 2.